The van der Waals surface area contributed by atoms with E-state index in [0.717, 1.165) is 65.3 Å². The summed E-state index contributed by atoms with van der Waals surface area (Å²) in [7, 11) is -0.559. The zero-order valence-electron chi connectivity index (χ0n) is 26.0. The van der Waals surface area contributed by atoms with E-state index in [1.807, 2.05) is 36.4 Å². The molecule has 2 aliphatic heterocycles. The predicted molar refractivity (Wildman–Crippen MR) is 167 cm³/mol. The van der Waals surface area contributed by atoms with E-state index in [9.17, 15) is 9.59 Å². The van der Waals surface area contributed by atoms with Gasteiger partial charge in [0, 0.05) is 29.6 Å². The summed E-state index contributed by atoms with van der Waals surface area (Å²) < 4.78 is 24.9. The van der Waals surface area contributed by atoms with Crippen LogP contribution in [0.1, 0.15) is 79.9 Å². The number of para-hydroxylation sites is 1. The van der Waals surface area contributed by atoms with Gasteiger partial charge < -0.3 is 23.8 Å². The third kappa shape index (κ3) is 4.43. The molecule has 2 saturated heterocycles. The van der Waals surface area contributed by atoms with E-state index in [0.29, 0.717) is 31.5 Å². The molecular weight excluding hydrogens is 553 g/mol. The van der Waals surface area contributed by atoms with Gasteiger partial charge in [0.05, 0.1) is 30.3 Å². The maximum atomic E-state index is 13.7. The molecule has 3 aromatic rings. The molecule has 5 atom stereocenters. The van der Waals surface area contributed by atoms with Gasteiger partial charge >= 0.3 is 7.12 Å². The molecule has 44 heavy (non-hydrogen) atoms. The van der Waals surface area contributed by atoms with Crippen molar-refractivity contribution in [2.24, 2.45) is 22.7 Å². The number of benzene rings is 2. The fraction of sp³-hybridized carbons (Fsp3) is 0.556. The summed E-state index contributed by atoms with van der Waals surface area (Å²) in [5, 5.41) is 4.34. The summed E-state index contributed by atoms with van der Waals surface area (Å²) in [6.45, 7) is 8.20. The normalized spacial score (nSPS) is 30.5. The number of carbonyl (C=O) groups is 2. The second-order valence-electron chi connectivity index (χ2n) is 14.9. The number of furan rings is 1. The summed E-state index contributed by atoms with van der Waals surface area (Å²) in [5.74, 6) is 0.797. The number of amides is 1. The van der Waals surface area contributed by atoms with E-state index in [1.165, 1.54) is 6.42 Å². The lowest BCUT2D eigenvalue weighted by molar-refractivity contribution is -0.199. The van der Waals surface area contributed by atoms with Gasteiger partial charge in [-0.2, -0.15) is 0 Å². The second kappa shape index (κ2) is 10.3. The molecular formula is C36H42BNO6. The number of fused-ring (bicyclic) bond motifs is 2. The van der Waals surface area contributed by atoms with Crippen molar-refractivity contribution < 1.29 is 28.1 Å². The van der Waals surface area contributed by atoms with Gasteiger partial charge in [0.25, 0.3) is 0 Å². The van der Waals surface area contributed by atoms with E-state index >= 15 is 0 Å². The summed E-state index contributed by atoms with van der Waals surface area (Å²) in [4.78, 5) is 27.4. The van der Waals surface area contributed by atoms with Crippen molar-refractivity contribution in [3.8, 4) is 0 Å². The van der Waals surface area contributed by atoms with Gasteiger partial charge in [0.15, 0.2) is 5.78 Å². The zero-order chi connectivity index (χ0) is 30.3. The number of ether oxygens (including phenoxy) is 1. The fourth-order valence-corrected chi connectivity index (χ4v) is 9.33. The highest BCUT2D eigenvalue weighted by Crippen LogP contribution is 2.65. The Hall–Kier alpha value is -2.94. The molecule has 1 amide bonds. The molecule has 2 bridgehead atoms. The molecule has 7 nitrogen and oxygen atoms in total. The average Bonchev–Trinajstić information content (AvgIpc) is 3.60. The maximum absolute atomic E-state index is 13.7. The molecule has 4 aliphatic carbocycles. The van der Waals surface area contributed by atoms with Crippen LogP contribution in [0, 0.1) is 22.7 Å². The topological polar surface area (TPSA) is 87.0 Å². The summed E-state index contributed by atoms with van der Waals surface area (Å²) in [5.41, 5.74) is 4.11. The number of rotatable bonds is 6. The van der Waals surface area contributed by atoms with E-state index in [4.69, 9.17) is 18.5 Å². The molecule has 1 N–H and O–H groups in total. The zero-order valence-corrected chi connectivity index (χ0v) is 26.0. The molecule has 1 spiro atoms. The van der Waals surface area contributed by atoms with E-state index in [1.54, 1.807) is 6.26 Å². The average molecular weight is 596 g/mol. The van der Waals surface area contributed by atoms with Crippen LogP contribution in [-0.4, -0.2) is 49.7 Å². The lowest BCUT2D eigenvalue weighted by Crippen LogP contribution is -2.65. The second-order valence-corrected chi connectivity index (χ2v) is 14.9. The number of hydrogen-bond donors (Lipinski definition) is 1. The van der Waals surface area contributed by atoms with Gasteiger partial charge in [-0.15, -0.1) is 0 Å². The number of nitrogens with one attached hydrogen (secondary N) is 1. The highest BCUT2D eigenvalue weighted by molar-refractivity contribution is 6.48. The summed E-state index contributed by atoms with van der Waals surface area (Å²) in [6.07, 6.45) is 8.01. The molecule has 230 valence electrons. The van der Waals surface area contributed by atoms with Crippen LogP contribution in [0.3, 0.4) is 0 Å². The van der Waals surface area contributed by atoms with Crippen molar-refractivity contribution >= 4 is 29.8 Å². The van der Waals surface area contributed by atoms with Crippen LogP contribution >= 0.6 is 0 Å². The monoisotopic (exact) mass is 595 g/mol. The Morgan fingerprint density at radius 3 is 2.70 bits per heavy atom. The van der Waals surface area contributed by atoms with Crippen LogP contribution in [0.25, 0.3) is 11.0 Å². The lowest BCUT2D eigenvalue weighted by Gasteiger charge is -2.64. The van der Waals surface area contributed by atoms with Gasteiger partial charge in [-0.05, 0) is 97.9 Å². The molecule has 3 saturated carbocycles. The van der Waals surface area contributed by atoms with Crippen molar-refractivity contribution in [3.63, 3.8) is 0 Å². The molecule has 8 heteroatoms. The molecule has 5 fully saturated rings. The van der Waals surface area contributed by atoms with Crippen LogP contribution in [0.4, 0.5) is 0 Å². The van der Waals surface area contributed by atoms with Crippen LogP contribution in [0.5, 0.6) is 0 Å². The molecule has 0 radical (unpaired) electrons. The Morgan fingerprint density at radius 2 is 1.89 bits per heavy atom. The first kappa shape index (κ1) is 28.5. The molecule has 9 rings (SSSR count). The summed E-state index contributed by atoms with van der Waals surface area (Å²) >= 11 is 0. The maximum Gasteiger partial charge on any atom is 0.482 e. The van der Waals surface area contributed by atoms with Gasteiger partial charge in [-0.1, -0.05) is 44.2 Å². The van der Waals surface area contributed by atoms with Gasteiger partial charge in [-0.25, -0.2) is 0 Å². The first-order valence-corrected chi connectivity index (χ1v) is 16.5. The minimum Gasteiger partial charge on any atom is -0.464 e. The number of Topliss-reactive ketones (excluding diaryl/α,β-unsaturated/α-hetero) is 1. The molecule has 2 aromatic carbocycles. The Bertz CT molecular complexity index is 1620. The molecule has 6 aliphatic rings. The fourth-order valence-electron chi connectivity index (χ4n) is 9.33. The van der Waals surface area contributed by atoms with Gasteiger partial charge in [0.2, 0.25) is 5.91 Å². The van der Waals surface area contributed by atoms with Crippen LogP contribution in [0.2, 0.25) is 0 Å². The molecule has 1 aromatic heterocycles. The first-order chi connectivity index (χ1) is 21.2. The van der Waals surface area contributed by atoms with E-state index in [-0.39, 0.29) is 40.6 Å². The standard InChI is InChI=1S/C36H42BNO6/c1-34(2)25-19-29(34)35(3)30(20-25)43-37(44-35)31(18-24-21-42-28-7-5-4-6-26(24)28)38-32(39)17-22-8-9-23-10-11-36(12-14-41-15-13-36)33(40)27(23)16-22/h4-9,16,21,25,29-31H,10-15,17-20H2,1-3H3,(H,38,39)/t25-,29-,30+,31-,35-/m0/s1. The van der Waals surface area contributed by atoms with Crippen LogP contribution in [0.15, 0.2) is 53.1 Å². The van der Waals surface area contributed by atoms with E-state index < -0.39 is 13.1 Å². The van der Waals surface area contributed by atoms with Crippen LogP contribution < -0.4 is 5.32 Å². The Morgan fingerprint density at radius 1 is 1.07 bits per heavy atom. The first-order valence-electron chi connectivity index (χ1n) is 16.5. The van der Waals surface area contributed by atoms with Gasteiger partial charge in [0.1, 0.15) is 5.58 Å². The van der Waals surface area contributed by atoms with Crippen LogP contribution in [-0.2, 0) is 38.1 Å². The molecule has 0 unspecified atom stereocenters. The highest BCUT2D eigenvalue weighted by atomic mass is 16.7. The minimum atomic E-state index is -0.559. The number of ketones is 1. The SMILES string of the molecule is CC1(C)[C@@H]2C[C@H]3OB([C@H](Cc4coc5ccccc45)NC(=O)Cc4ccc5c(c4)C(=O)C4(CCOCC4)CC5)O[C@@]3(C)[C@H]1C2. The largest absolute Gasteiger partial charge is 0.482 e. The Balaban J connectivity index is 1.04. The van der Waals surface area contributed by atoms with Crippen molar-refractivity contribution in [2.45, 2.75) is 89.8 Å². The smallest absolute Gasteiger partial charge is 0.464 e. The third-order valence-corrected chi connectivity index (χ3v) is 12.2. The van der Waals surface area contributed by atoms with Gasteiger partial charge in [-0.3, -0.25) is 9.59 Å². The number of hydrogen-bond acceptors (Lipinski definition) is 6. The summed E-state index contributed by atoms with van der Waals surface area (Å²) in [6, 6.07) is 14.0. The van der Waals surface area contributed by atoms with Crippen molar-refractivity contribution in [2.75, 3.05) is 13.2 Å². The minimum absolute atomic E-state index is 0.0222. The third-order valence-electron chi connectivity index (χ3n) is 12.2. The number of aryl methyl sites for hydroxylation is 1. The highest BCUT2D eigenvalue weighted by Gasteiger charge is 2.68. The van der Waals surface area contributed by atoms with E-state index in [2.05, 4.69) is 32.2 Å². The molecule has 3 heterocycles. The Kier molecular flexibility index (Phi) is 6.68. The lowest BCUT2D eigenvalue weighted by atomic mass is 9.43. The van der Waals surface area contributed by atoms with Crippen molar-refractivity contribution in [1.29, 1.82) is 0 Å². The number of carbonyl (C=O) groups excluding carboxylic acids is 2. The quantitative estimate of drug-likeness (QED) is 0.358. The predicted octanol–water partition coefficient (Wildman–Crippen LogP) is 5.90. The van der Waals surface area contributed by atoms with Crippen molar-refractivity contribution in [1.82, 2.24) is 5.32 Å². The van der Waals surface area contributed by atoms with Crippen molar-refractivity contribution in [3.05, 3.63) is 71.0 Å². The Labute approximate surface area is 259 Å².